The summed E-state index contributed by atoms with van der Waals surface area (Å²) in [6.45, 7) is 2.34. The van der Waals surface area contributed by atoms with Gasteiger partial charge in [0, 0.05) is 4.47 Å². The third-order valence-corrected chi connectivity index (χ3v) is 3.29. The van der Waals surface area contributed by atoms with E-state index in [-0.39, 0.29) is 5.56 Å². The number of carbonyl (C=O) groups is 1. The minimum Gasteiger partial charge on any atom is -0.492 e. The Kier molecular flexibility index (Phi) is 4.74. The number of hydrogen-bond donors (Lipinski definition) is 1. The molecule has 20 heavy (non-hydrogen) atoms. The fourth-order valence-corrected chi connectivity index (χ4v) is 2.27. The molecule has 0 unspecified atom stereocenters. The van der Waals surface area contributed by atoms with Gasteiger partial charge in [0.25, 0.3) is 5.91 Å². The van der Waals surface area contributed by atoms with Crippen molar-refractivity contribution in [2.75, 3.05) is 11.9 Å². The van der Waals surface area contributed by atoms with E-state index in [0.29, 0.717) is 22.5 Å². The molecule has 0 saturated heterocycles. The largest absolute Gasteiger partial charge is 0.492 e. The molecule has 0 aliphatic heterocycles. The second kappa shape index (κ2) is 6.52. The molecule has 104 valence electrons. The van der Waals surface area contributed by atoms with Crippen molar-refractivity contribution in [2.24, 2.45) is 0 Å². The van der Waals surface area contributed by atoms with Crippen LogP contribution in [-0.4, -0.2) is 12.5 Å². The molecule has 0 atom stereocenters. The Labute approximate surface area is 124 Å². The second-order valence-electron chi connectivity index (χ2n) is 3.98. The third-order valence-electron chi connectivity index (χ3n) is 2.62. The van der Waals surface area contributed by atoms with Crippen molar-refractivity contribution in [3.05, 3.63) is 58.3 Å². The molecule has 0 saturated carbocycles. The molecule has 1 N–H and O–H groups in total. The van der Waals surface area contributed by atoms with E-state index < -0.39 is 11.7 Å². The van der Waals surface area contributed by atoms with Crippen LogP contribution < -0.4 is 10.1 Å². The highest BCUT2D eigenvalue weighted by Crippen LogP contribution is 2.26. The van der Waals surface area contributed by atoms with Crippen LogP contribution in [0.4, 0.5) is 10.1 Å². The molecule has 0 heterocycles. The lowest BCUT2D eigenvalue weighted by Gasteiger charge is -2.12. The Morgan fingerprint density at radius 3 is 2.70 bits per heavy atom. The Bertz CT molecular complexity index is 611. The van der Waals surface area contributed by atoms with Crippen LogP contribution in [0.2, 0.25) is 0 Å². The Morgan fingerprint density at radius 1 is 1.25 bits per heavy atom. The van der Waals surface area contributed by atoms with Gasteiger partial charge >= 0.3 is 0 Å². The van der Waals surface area contributed by atoms with Crippen molar-refractivity contribution in [2.45, 2.75) is 6.92 Å². The smallest absolute Gasteiger partial charge is 0.259 e. The van der Waals surface area contributed by atoms with Crippen LogP contribution >= 0.6 is 15.9 Å². The fourth-order valence-electron chi connectivity index (χ4n) is 1.75. The van der Waals surface area contributed by atoms with Crippen molar-refractivity contribution in [3.8, 4) is 5.75 Å². The van der Waals surface area contributed by atoms with Gasteiger partial charge in [0.2, 0.25) is 0 Å². The second-order valence-corrected chi connectivity index (χ2v) is 4.83. The molecule has 2 aromatic carbocycles. The van der Waals surface area contributed by atoms with E-state index in [4.69, 9.17) is 4.74 Å². The quantitative estimate of drug-likeness (QED) is 0.906. The summed E-state index contributed by atoms with van der Waals surface area (Å²) in [5.41, 5.74) is 0.480. The first-order valence-electron chi connectivity index (χ1n) is 6.10. The highest BCUT2D eigenvalue weighted by Gasteiger charge is 2.16. The molecular formula is C15H13BrFNO2. The SMILES string of the molecule is CCOc1ccccc1NC(=O)c1c(F)cccc1Br. The summed E-state index contributed by atoms with van der Waals surface area (Å²) in [6.07, 6.45) is 0. The van der Waals surface area contributed by atoms with Crippen molar-refractivity contribution in [1.29, 1.82) is 0 Å². The van der Waals surface area contributed by atoms with Gasteiger partial charge in [-0.3, -0.25) is 4.79 Å². The number of rotatable bonds is 4. The van der Waals surface area contributed by atoms with Crippen LogP contribution in [0.15, 0.2) is 46.9 Å². The maximum Gasteiger partial charge on any atom is 0.259 e. The van der Waals surface area contributed by atoms with Crippen molar-refractivity contribution < 1.29 is 13.9 Å². The predicted molar refractivity (Wildman–Crippen MR) is 79.7 cm³/mol. The minimum absolute atomic E-state index is 0.0289. The van der Waals surface area contributed by atoms with Crippen LogP contribution in [0.3, 0.4) is 0 Å². The number of ether oxygens (including phenoxy) is 1. The Morgan fingerprint density at radius 2 is 2.00 bits per heavy atom. The molecule has 1 amide bonds. The minimum atomic E-state index is -0.578. The number of anilines is 1. The van der Waals surface area contributed by atoms with Crippen molar-refractivity contribution in [3.63, 3.8) is 0 Å². The van der Waals surface area contributed by atoms with E-state index >= 15 is 0 Å². The maximum absolute atomic E-state index is 13.7. The van der Waals surface area contributed by atoms with E-state index in [1.807, 2.05) is 6.92 Å². The van der Waals surface area contributed by atoms with Crippen LogP contribution in [0, 0.1) is 5.82 Å². The molecule has 0 aromatic heterocycles. The summed E-state index contributed by atoms with van der Waals surface area (Å²) in [5, 5.41) is 2.66. The van der Waals surface area contributed by atoms with Crippen LogP contribution in [0.25, 0.3) is 0 Å². The third kappa shape index (κ3) is 3.17. The number of hydrogen-bond acceptors (Lipinski definition) is 2. The first kappa shape index (κ1) is 14.5. The number of para-hydroxylation sites is 2. The molecule has 5 heteroatoms. The number of halogens is 2. The normalized spacial score (nSPS) is 10.2. The number of amides is 1. The van der Waals surface area contributed by atoms with Crippen molar-refractivity contribution in [1.82, 2.24) is 0 Å². The first-order valence-corrected chi connectivity index (χ1v) is 6.90. The summed E-state index contributed by atoms with van der Waals surface area (Å²) in [6, 6.07) is 11.4. The van der Waals surface area contributed by atoms with E-state index in [1.165, 1.54) is 12.1 Å². The van der Waals surface area contributed by atoms with Crippen molar-refractivity contribution >= 4 is 27.5 Å². The van der Waals surface area contributed by atoms with Gasteiger partial charge in [-0.05, 0) is 47.1 Å². The molecule has 3 nitrogen and oxygen atoms in total. The lowest BCUT2D eigenvalue weighted by atomic mass is 10.2. The van der Waals surface area contributed by atoms with Gasteiger partial charge in [0.1, 0.15) is 11.6 Å². The number of nitrogens with one attached hydrogen (secondary N) is 1. The van der Waals surface area contributed by atoms with E-state index in [1.54, 1.807) is 30.3 Å². The van der Waals surface area contributed by atoms with Gasteiger partial charge in [0.15, 0.2) is 0 Å². The van der Waals surface area contributed by atoms with E-state index in [0.717, 1.165) is 0 Å². The zero-order valence-electron chi connectivity index (χ0n) is 10.8. The Balaban J connectivity index is 2.28. The number of carbonyl (C=O) groups excluding carboxylic acids is 1. The maximum atomic E-state index is 13.7. The number of benzene rings is 2. The lowest BCUT2D eigenvalue weighted by Crippen LogP contribution is -2.15. The lowest BCUT2D eigenvalue weighted by molar-refractivity contribution is 0.102. The highest BCUT2D eigenvalue weighted by molar-refractivity contribution is 9.10. The summed E-state index contributed by atoms with van der Waals surface area (Å²) in [5.74, 6) is -0.552. The Hall–Kier alpha value is -1.88. The zero-order chi connectivity index (χ0) is 14.5. The summed E-state index contributed by atoms with van der Waals surface area (Å²) in [7, 11) is 0. The van der Waals surface area contributed by atoms with Gasteiger partial charge in [0.05, 0.1) is 17.9 Å². The highest BCUT2D eigenvalue weighted by atomic mass is 79.9. The fraction of sp³-hybridized carbons (Fsp3) is 0.133. The molecule has 0 spiro atoms. The van der Waals surface area contributed by atoms with Gasteiger partial charge < -0.3 is 10.1 Å². The molecule has 0 aliphatic carbocycles. The summed E-state index contributed by atoms with van der Waals surface area (Å²) in [4.78, 5) is 12.2. The molecule has 0 fully saturated rings. The van der Waals surface area contributed by atoms with Gasteiger partial charge in [-0.25, -0.2) is 4.39 Å². The monoisotopic (exact) mass is 337 g/mol. The topological polar surface area (TPSA) is 38.3 Å². The first-order chi connectivity index (χ1) is 9.63. The molecule has 2 aromatic rings. The molecule has 0 radical (unpaired) electrons. The zero-order valence-corrected chi connectivity index (χ0v) is 12.4. The average molecular weight is 338 g/mol. The van der Waals surface area contributed by atoms with E-state index in [2.05, 4.69) is 21.2 Å². The molecular weight excluding hydrogens is 325 g/mol. The summed E-state index contributed by atoms with van der Waals surface area (Å²) >= 11 is 3.18. The standard InChI is InChI=1S/C15H13BrFNO2/c1-2-20-13-9-4-3-8-12(13)18-15(19)14-10(16)6-5-7-11(14)17/h3-9H,2H2,1H3,(H,18,19). The van der Waals surface area contributed by atoms with Gasteiger partial charge in [-0.15, -0.1) is 0 Å². The van der Waals surface area contributed by atoms with Crippen LogP contribution in [-0.2, 0) is 0 Å². The molecule has 0 bridgehead atoms. The van der Waals surface area contributed by atoms with Crippen LogP contribution in [0.5, 0.6) is 5.75 Å². The molecule has 2 rings (SSSR count). The summed E-state index contributed by atoms with van der Waals surface area (Å²) < 4.78 is 19.6. The average Bonchev–Trinajstić information content (AvgIpc) is 2.41. The van der Waals surface area contributed by atoms with E-state index in [9.17, 15) is 9.18 Å². The molecule has 0 aliphatic rings. The van der Waals surface area contributed by atoms with Crippen LogP contribution in [0.1, 0.15) is 17.3 Å². The predicted octanol–water partition coefficient (Wildman–Crippen LogP) is 4.24. The van der Waals surface area contributed by atoms with Gasteiger partial charge in [-0.1, -0.05) is 18.2 Å². The van der Waals surface area contributed by atoms with Gasteiger partial charge in [-0.2, -0.15) is 0 Å².